The van der Waals surface area contributed by atoms with Crippen molar-refractivity contribution in [1.82, 2.24) is 10.2 Å². The van der Waals surface area contributed by atoms with Gasteiger partial charge < -0.3 is 15.0 Å². The van der Waals surface area contributed by atoms with Gasteiger partial charge in [0.25, 0.3) is 0 Å². The Morgan fingerprint density at radius 1 is 1.23 bits per heavy atom. The fourth-order valence-electron chi connectivity index (χ4n) is 2.13. The zero-order valence-electron chi connectivity index (χ0n) is 13.9. The van der Waals surface area contributed by atoms with Crippen molar-refractivity contribution in [2.24, 2.45) is 4.99 Å². The molecule has 0 saturated carbocycles. The summed E-state index contributed by atoms with van der Waals surface area (Å²) in [5.41, 5.74) is 1.06. The van der Waals surface area contributed by atoms with Crippen LogP contribution in [-0.4, -0.2) is 44.7 Å². The molecule has 1 aromatic carbocycles. The summed E-state index contributed by atoms with van der Waals surface area (Å²) in [5.74, 6) is 0.682. The number of guanidine groups is 1. The van der Waals surface area contributed by atoms with Crippen LogP contribution in [0.3, 0.4) is 0 Å². The first kappa shape index (κ1) is 18.4. The molecular weight excluding hydrogens is 281 g/mol. The minimum Gasteiger partial charge on any atom is -0.385 e. The molecule has 1 N–H and O–H groups in total. The van der Waals surface area contributed by atoms with Crippen molar-refractivity contribution in [3.63, 3.8) is 0 Å². The van der Waals surface area contributed by atoms with Gasteiger partial charge in [0.2, 0.25) is 0 Å². The van der Waals surface area contributed by atoms with E-state index in [0.29, 0.717) is 6.54 Å². The van der Waals surface area contributed by atoms with Crippen molar-refractivity contribution in [2.75, 3.05) is 33.9 Å². The summed E-state index contributed by atoms with van der Waals surface area (Å²) in [4.78, 5) is 6.70. The number of unbranched alkanes of at least 4 members (excludes halogenated alkanes) is 2. The Balaban J connectivity index is 2.47. The molecule has 0 radical (unpaired) electrons. The smallest absolute Gasteiger partial charge is 0.193 e. The lowest BCUT2D eigenvalue weighted by atomic mass is 10.2. The number of aliphatic imine (C=N–C) groups is 1. The van der Waals surface area contributed by atoms with Crippen LogP contribution in [0.4, 0.5) is 4.39 Å². The molecule has 5 heteroatoms. The number of hydrogen-bond donors (Lipinski definition) is 1. The Hall–Kier alpha value is -1.62. The summed E-state index contributed by atoms with van der Waals surface area (Å²) in [7, 11) is 3.72. The molecule has 1 rings (SSSR count). The fraction of sp³-hybridized carbons (Fsp3) is 0.588. The van der Waals surface area contributed by atoms with Crippen LogP contribution >= 0.6 is 0 Å². The van der Waals surface area contributed by atoms with E-state index < -0.39 is 0 Å². The van der Waals surface area contributed by atoms with Crippen LogP contribution < -0.4 is 5.32 Å². The van der Waals surface area contributed by atoms with Gasteiger partial charge in [-0.25, -0.2) is 4.39 Å². The van der Waals surface area contributed by atoms with Crippen molar-refractivity contribution in [1.29, 1.82) is 0 Å². The van der Waals surface area contributed by atoms with Gasteiger partial charge in [0, 0.05) is 40.4 Å². The number of benzene rings is 1. The second-order valence-electron chi connectivity index (χ2n) is 5.27. The predicted molar refractivity (Wildman–Crippen MR) is 89.6 cm³/mol. The second kappa shape index (κ2) is 11.0. The third kappa shape index (κ3) is 7.41. The Morgan fingerprint density at radius 2 is 1.95 bits per heavy atom. The predicted octanol–water partition coefficient (Wildman–Crippen LogP) is 3.04. The standard InChI is InChI=1S/C17H28FN3O/c1-4-19-17(20-12-6-5-7-13-22-3)21(2)14-15-8-10-16(18)11-9-15/h8-11H,4-7,12-14H2,1-3H3,(H,19,20). The first-order valence-corrected chi connectivity index (χ1v) is 7.90. The Labute approximate surface area is 133 Å². The Kier molecular flexibility index (Phi) is 9.23. The summed E-state index contributed by atoms with van der Waals surface area (Å²) >= 11 is 0. The van der Waals surface area contributed by atoms with Gasteiger partial charge in [-0.1, -0.05) is 12.1 Å². The van der Waals surface area contributed by atoms with Crippen molar-refractivity contribution in [3.8, 4) is 0 Å². The molecule has 22 heavy (non-hydrogen) atoms. The summed E-state index contributed by atoms with van der Waals surface area (Å²) in [6, 6.07) is 6.59. The van der Waals surface area contributed by atoms with Gasteiger partial charge in [0.05, 0.1) is 0 Å². The van der Waals surface area contributed by atoms with E-state index in [1.807, 2.05) is 7.05 Å². The summed E-state index contributed by atoms with van der Waals surface area (Å²) in [6.07, 6.45) is 3.26. The average Bonchev–Trinajstić information content (AvgIpc) is 2.51. The molecule has 0 aliphatic heterocycles. The van der Waals surface area contributed by atoms with Gasteiger partial charge in [0.15, 0.2) is 5.96 Å². The molecule has 0 aromatic heterocycles. The molecule has 0 aliphatic carbocycles. The fourth-order valence-corrected chi connectivity index (χ4v) is 2.13. The lowest BCUT2D eigenvalue weighted by molar-refractivity contribution is 0.192. The molecule has 1 aromatic rings. The average molecular weight is 309 g/mol. The highest BCUT2D eigenvalue weighted by molar-refractivity contribution is 5.79. The third-order valence-electron chi connectivity index (χ3n) is 3.30. The monoisotopic (exact) mass is 309 g/mol. The maximum Gasteiger partial charge on any atom is 0.193 e. The van der Waals surface area contributed by atoms with Gasteiger partial charge in [0.1, 0.15) is 5.82 Å². The van der Waals surface area contributed by atoms with Gasteiger partial charge in [-0.2, -0.15) is 0 Å². The van der Waals surface area contributed by atoms with Crippen molar-refractivity contribution >= 4 is 5.96 Å². The third-order valence-corrected chi connectivity index (χ3v) is 3.30. The molecule has 0 atom stereocenters. The van der Waals surface area contributed by atoms with E-state index in [-0.39, 0.29) is 5.82 Å². The molecule has 4 nitrogen and oxygen atoms in total. The largest absolute Gasteiger partial charge is 0.385 e. The molecule has 0 spiro atoms. The maximum atomic E-state index is 12.9. The topological polar surface area (TPSA) is 36.9 Å². The highest BCUT2D eigenvalue weighted by atomic mass is 19.1. The summed E-state index contributed by atoms with van der Waals surface area (Å²) in [5, 5.41) is 3.29. The van der Waals surface area contributed by atoms with E-state index >= 15 is 0 Å². The van der Waals surface area contributed by atoms with Crippen molar-refractivity contribution in [2.45, 2.75) is 32.7 Å². The first-order chi connectivity index (χ1) is 10.7. The Morgan fingerprint density at radius 3 is 2.59 bits per heavy atom. The number of rotatable bonds is 9. The van der Waals surface area contributed by atoms with Crippen LogP contribution in [0.1, 0.15) is 31.7 Å². The van der Waals surface area contributed by atoms with Crippen LogP contribution in [0.5, 0.6) is 0 Å². The van der Waals surface area contributed by atoms with E-state index in [4.69, 9.17) is 4.74 Å². The van der Waals surface area contributed by atoms with Crippen LogP contribution in [0.25, 0.3) is 0 Å². The maximum absolute atomic E-state index is 12.9. The zero-order valence-corrected chi connectivity index (χ0v) is 13.9. The minimum absolute atomic E-state index is 0.206. The number of ether oxygens (including phenoxy) is 1. The summed E-state index contributed by atoms with van der Waals surface area (Å²) in [6.45, 7) is 5.21. The highest BCUT2D eigenvalue weighted by Crippen LogP contribution is 2.06. The highest BCUT2D eigenvalue weighted by Gasteiger charge is 2.06. The quantitative estimate of drug-likeness (QED) is 0.433. The number of nitrogens with one attached hydrogen (secondary N) is 1. The normalized spacial score (nSPS) is 11.5. The summed E-state index contributed by atoms with van der Waals surface area (Å²) < 4.78 is 18.0. The van der Waals surface area contributed by atoms with E-state index in [0.717, 1.165) is 50.5 Å². The molecule has 0 heterocycles. The van der Waals surface area contributed by atoms with Crippen LogP contribution in [0.15, 0.2) is 29.3 Å². The van der Waals surface area contributed by atoms with Gasteiger partial charge in [-0.15, -0.1) is 0 Å². The van der Waals surface area contributed by atoms with Gasteiger partial charge in [-0.05, 0) is 43.9 Å². The van der Waals surface area contributed by atoms with E-state index in [1.165, 1.54) is 12.1 Å². The molecule has 124 valence electrons. The van der Waals surface area contributed by atoms with Gasteiger partial charge >= 0.3 is 0 Å². The number of nitrogens with zero attached hydrogens (tertiary/aromatic N) is 2. The SMILES string of the molecule is CCNC(=NCCCCCOC)N(C)Cc1ccc(F)cc1. The molecule has 0 aliphatic rings. The van der Waals surface area contributed by atoms with Crippen LogP contribution in [-0.2, 0) is 11.3 Å². The van der Waals surface area contributed by atoms with Crippen LogP contribution in [0.2, 0.25) is 0 Å². The lowest BCUT2D eigenvalue weighted by Gasteiger charge is -2.22. The molecule has 0 bridgehead atoms. The van der Waals surface area contributed by atoms with E-state index in [1.54, 1.807) is 19.2 Å². The van der Waals surface area contributed by atoms with Gasteiger partial charge in [-0.3, -0.25) is 4.99 Å². The Bertz CT molecular complexity index is 434. The number of hydrogen-bond acceptors (Lipinski definition) is 2. The molecule has 0 amide bonds. The number of methoxy groups -OCH3 is 1. The molecule has 0 unspecified atom stereocenters. The van der Waals surface area contributed by atoms with Crippen LogP contribution in [0, 0.1) is 5.82 Å². The van der Waals surface area contributed by atoms with E-state index in [2.05, 4.69) is 22.1 Å². The zero-order chi connectivity index (χ0) is 16.2. The van der Waals surface area contributed by atoms with Crippen molar-refractivity contribution in [3.05, 3.63) is 35.6 Å². The second-order valence-corrected chi connectivity index (χ2v) is 5.27. The lowest BCUT2D eigenvalue weighted by Crippen LogP contribution is -2.38. The number of halogens is 1. The molecular formula is C17H28FN3O. The minimum atomic E-state index is -0.206. The molecule has 0 saturated heterocycles. The van der Waals surface area contributed by atoms with E-state index in [9.17, 15) is 4.39 Å². The van der Waals surface area contributed by atoms with Crippen molar-refractivity contribution < 1.29 is 9.13 Å². The molecule has 0 fully saturated rings. The first-order valence-electron chi connectivity index (χ1n) is 7.90.